The number of nitrogens with one attached hydrogen (secondary N) is 1. The topological polar surface area (TPSA) is 105 Å². The summed E-state index contributed by atoms with van der Waals surface area (Å²) in [6, 6.07) is 8.29. The molecule has 0 saturated carbocycles. The number of fused-ring (bicyclic) bond motifs is 2. The van der Waals surface area contributed by atoms with Gasteiger partial charge in [-0.15, -0.1) is 6.42 Å². The summed E-state index contributed by atoms with van der Waals surface area (Å²) in [5.74, 6) is 2.25. The molecule has 2 aromatic heterocycles. The van der Waals surface area contributed by atoms with Gasteiger partial charge in [-0.05, 0) is 49.9 Å². The number of aliphatic imine (C=N–C) groups is 1. The third kappa shape index (κ3) is 4.93. The molecule has 2 aromatic carbocycles. The van der Waals surface area contributed by atoms with E-state index in [4.69, 9.17) is 15.9 Å². The van der Waals surface area contributed by atoms with Crippen LogP contribution in [0.1, 0.15) is 38.2 Å². The van der Waals surface area contributed by atoms with E-state index >= 15 is 4.39 Å². The lowest BCUT2D eigenvalue weighted by atomic mass is 9.95. The fourth-order valence-electron chi connectivity index (χ4n) is 6.75. The van der Waals surface area contributed by atoms with Crippen LogP contribution in [0, 0.1) is 18.2 Å². The first-order valence-corrected chi connectivity index (χ1v) is 14.9. The van der Waals surface area contributed by atoms with Crippen LogP contribution < -0.4 is 14.8 Å². The molecule has 3 aliphatic rings. The summed E-state index contributed by atoms with van der Waals surface area (Å²) in [5, 5.41) is 15.3. The molecular weight excluding hydrogens is 566 g/mol. The highest BCUT2D eigenvalue weighted by Crippen LogP contribution is 2.43. The minimum Gasteiger partial charge on any atom is -0.508 e. The molecule has 44 heavy (non-hydrogen) atoms. The molecule has 0 radical (unpaired) electrons. The van der Waals surface area contributed by atoms with E-state index in [9.17, 15) is 9.50 Å². The lowest BCUT2D eigenvalue weighted by Gasteiger charge is -2.30. The van der Waals surface area contributed by atoms with E-state index in [0.29, 0.717) is 54.4 Å². The van der Waals surface area contributed by atoms with Gasteiger partial charge in [0.2, 0.25) is 5.88 Å². The quantitative estimate of drug-likeness (QED) is 0.306. The van der Waals surface area contributed by atoms with Gasteiger partial charge in [-0.25, -0.2) is 13.8 Å². The molecule has 3 aliphatic heterocycles. The fourth-order valence-corrected chi connectivity index (χ4v) is 6.75. The fraction of sp³-hybridized carbons (Fsp3) is 0.394. The molecule has 2 fully saturated rings. The average molecular weight is 599 g/mol. The van der Waals surface area contributed by atoms with Crippen molar-refractivity contribution >= 4 is 33.7 Å². The number of terminal acetylenes is 1. The second-order valence-corrected chi connectivity index (χ2v) is 11.8. The zero-order valence-electron chi connectivity index (χ0n) is 24.3. The highest BCUT2D eigenvalue weighted by Gasteiger charge is 2.49. The van der Waals surface area contributed by atoms with Crippen LogP contribution in [0.25, 0.3) is 32.9 Å². The van der Waals surface area contributed by atoms with Gasteiger partial charge in [0.05, 0.1) is 18.2 Å². The monoisotopic (exact) mass is 598 g/mol. The van der Waals surface area contributed by atoms with Crippen LogP contribution in [0.4, 0.5) is 14.6 Å². The van der Waals surface area contributed by atoms with Crippen LogP contribution in [-0.4, -0.2) is 81.8 Å². The van der Waals surface area contributed by atoms with E-state index in [1.807, 2.05) is 6.92 Å². The molecule has 7 rings (SSSR count). The first kappa shape index (κ1) is 28.2. The molecule has 2 saturated heterocycles. The second-order valence-electron chi connectivity index (χ2n) is 11.8. The molecule has 2 N–H and O–H groups in total. The van der Waals surface area contributed by atoms with Crippen LogP contribution in [0.15, 0.2) is 35.3 Å². The van der Waals surface area contributed by atoms with Crippen molar-refractivity contribution in [2.24, 2.45) is 4.99 Å². The number of halogens is 2. The summed E-state index contributed by atoms with van der Waals surface area (Å²) in [5.41, 5.74) is 0.242. The Hall–Kier alpha value is -4.56. The second kappa shape index (κ2) is 11.2. The summed E-state index contributed by atoms with van der Waals surface area (Å²) in [4.78, 5) is 20.4. The van der Waals surface area contributed by atoms with E-state index in [1.165, 1.54) is 6.07 Å². The van der Waals surface area contributed by atoms with Crippen molar-refractivity contribution in [2.75, 3.05) is 38.1 Å². The van der Waals surface area contributed by atoms with Crippen molar-refractivity contribution < 1.29 is 23.4 Å². The largest absolute Gasteiger partial charge is 0.508 e. The van der Waals surface area contributed by atoms with Crippen molar-refractivity contribution in [3.05, 3.63) is 41.7 Å². The number of pyridine rings is 1. The van der Waals surface area contributed by atoms with Gasteiger partial charge < -0.3 is 19.9 Å². The Balaban J connectivity index is 1.43. The number of rotatable bonds is 4. The first-order chi connectivity index (χ1) is 21.3. The van der Waals surface area contributed by atoms with E-state index in [0.717, 1.165) is 19.4 Å². The van der Waals surface area contributed by atoms with Crippen LogP contribution in [0.3, 0.4) is 0 Å². The molecule has 226 valence electrons. The molecule has 0 unspecified atom stereocenters. The maximum absolute atomic E-state index is 16.8. The number of hydrogen-bond donors (Lipinski definition) is 2. The van der Waals surface area contributed by atoms with Gasteiger partial charge >= 0.3 is 6.01 Å². The number of nitrogens with zero attached hydrogens (tertiary/aromatic N) is 5. The molecule has 0 bridgehead atoms. The number of hydrogen-bond acceptors (Lipinski definition) is 9. The first-order valence-electron chi connectivity index (χ1n) is 14.9. The zero-order valence-corrected chi connectivity index (χ0v) is 24.3. The Labute approximate surface area is 253 Å². The Bertz CT molecular complexity index is 1840. The summed E-state index contributed by atoms with van der Waals surface area (Å²) in [6.07, 6.45) is 9.09. The number of alkyl halides is 1. The van der Waals surface area contributed by atoms with Crippen LogP contribution >= 0.6 is 0 Å². The van der Waals surface area contributed by atoms with E-state index in [2.05, 4.69) is 36.1 Å². The van der Waals surface area contributed by atoms with E-state index < -0.39 is 17.5 Å². The SMILES string of the molecule is C#Cc1cccc2cc(O)cc(-c3nc4c5c(nc(OC[C@@]67CCCN6C[C@H](F)C7)nc5c3F)NCC=NCC[C@H](C)O4)c12. The summed E-state index contributed by atoms with van der Waals surface area (Å²) in [7, 11) is 0. The van der Waals surface area contributed by atoms with E-state index in [-0.39, 0.29) is 52.8 Å². The Kier molecular flexibility index (Phi) is 7.17. The number of phenols is 1. The molecule has 9 nitrogen and oxygen atoms in total. The molecule has 5 heterocycles. The maximum atomic E-state index is 16.8. The van der Waals surface area contributed by atoms with Gasteiger partial charge in [0.25, 0.3) is 0 Å². The highest BCUT2D eigenvalue weighted by molar-refractivity contribution is 6.04. The van der Waals surface area contributed by atoms with Crippen LogP contribution in [0.5, 0.6) is 17.6 Å². The standard InChI is InChI=1S/C33H32F2N6O3/c1-3-20-6-4-7-21-14-23(42)15-24(25(20)21)28-27(35)29-26-30(37-12-11-36-10-8-19(2)44-31(26)38-28)40-32(39-29)43-18-33-9-5-13-41(33)17-22(34)16-33/h1,4,6-7,11,14-15,19,22,42H,5,8-10,12-13,16-18H2,2H3,(H,37,39,40)/t19-,22+,33-/m0/s1. The third-order valence-electron chi connectivity index (χ3n) is 8.80. The number of anilines is 1. The van der Waals surface area contributed by atoms with Crippen LogP contribution in [0.2, 0.25) is 0 Å². The molecule has 4 aromatic rings. The van der Waals surface area contributed by atoms with Gasteiger partial charge in [-0.1, -0.05) is 18.1 Å². The summed E-state index contributed by atoms with van der Waals surface area (Å²) >= 11 is 0. The molecule has 0 spiro atoms. The Morgan fingerprint density at radius 3 is 3.00 bits per heavy atom. The average Bonchev–Trinajstić information content (AvgIpc) is 3.52. The summed E-state index contributed by atoms with van der Waals surface area (Å²) < 4.78 is 43.7. The van der Waals surface area contributed by atoms with Gasteiger partial charge in [-0.3, -0.25) is 9.89 Å². The predicted molar refractivity (Wildman–Crippen MR) is 165 cm³/mol. The Morgan fingerprint density at radius 2 is 2.14 bits per heavy atom. The zero-order chi connectivity index (χ0) is 30.4. The smallest absolute Gasteiger partial charge is 0.319 e. The van der Waals surface area contributed by atoms with Crippen molar-refractivity contribution in [3.8, 4) is 41.2 Å². The molecule has 0 amide bonds. The molecule has 3 atom stereocenters. The van der Waals surface area contributed by atoms with Crippen molar-refractivity contribution in [1.82, 2.24) is 19.9 Å². The number of aromatic hydroxyl groups is 1. The van der Waals surface area contributed by atoms with Gasteiger partial charge in [-0.2, -0.15) is 9.97 Å². The predicted octanol–water partition coefficient (Wildman–Crippen LogP) is 5.28. The minimum absolute atomic E-state index is 0.0459. The summed E-state index contributed by atoms with van der Waals surface area (Å²) in [6.45, 7) is 4.13. The highest BCUT2D eigenvalue weighted by atomic mass is 19.1. The van der Waals surface area contributed by atoms with Gasteiger partial charge in [0, 0.05) is 48.7 Å². The maximum Gasteiger partial charge on any atom is 0.319 e. The minimum atomic E-state index is -0.916. The Morgan fingerprint density at radius 1 is 1.25 bits per heavy atom. The van der Waals surface area contributed by atoms with E-state index in [1.54, 1.807) is 30.5 Å². The number of ether oxygens (including phenoxy) is 2. The number of benzene rings is 2. The normalized spacial score (nSPS) is 23.5. The third-order valence-corrected chi connectivity index (χ3v) is 8.80. The van der Waals surface area contributed by atoms with Crippen molar-refractivity contribution in [2.45, 2.75) is 50.4 Å². The molecule has 0 aliphatic carbocycles. The number of phenolic OH excluding ortho intramolecular Hbond substituents is 1. The number of aromatic nitrogens is 3. The molecular formula is C33H32F2N6O3. The molecule has 11 heteroatoms. The van der Waals surface area contributed by atoms with Crippen molar-refractivity contribution in [1.29, 1.82) is 0 Å². The van der Waals surface area contributed by atoms with Gasteiger partial charge in [0.15, 0.2) is 5.82 Å². The van der Waals surface area contributed by atoms with Crippen molar-refractivity contribution in [3.63, 3.8) is 0 Å². The lowest BCUT2D eigenvalue weighted by molar-refractivity contribution is 0.107. The van der Waals surface area contributed by atoms with Gasteiger partial charge in [0.1, 0.15) is 40.9 Å². The lowest BCUT2D eigenvalue weighted by Crippen LogP contribution is -2.43. The van der Waals surface area contributed by atoms with Crippen LogP contribution in [-0.2, 0) is 0 Å².